The second-order valence-corrected chi connectivity index (χ2v) is 4.41. The number of alkyl halides is 3. The summed E-state index contributed by atoms with van der Waals surface area (Å²) in [5, 5.41) is 0. The predicted octanol–water partition coefficient (Wildman–Crippen LogP) is 3.32. The Kier molecular flexibility index (Phi) is 2.41. The highest BCUT2D eigenvalue weighted by atomic mass is 35.6. The van der Waals surface area contributed by atoms with Crippen LogP contribution < -0.4 is 0 Å². The number of halogens is 4. The lowest BCUT2D eigenvalue weighted by atomic mass is 10.4. The molecule has 0 N–H and O–H groups in total. The van der Waals surface area contributed by atoms with Crippen molar-refractivity contribution in [2.75, 3.05) is 0 Å². The van der Waals surface area contributed by atoms with Gasteiger partial charge in [-0.1, -0.05) is 34.8 Å². The van der Waals surface area contributed by atoms with E-state index in [1.54, 1.807) is 12.3 Å². The molecule has 10 heavy (non-hydrogen) atoms. The molecule has 0 aliphatic carbocycles. The van der Waals surface area contributed by atoms with Crippen LogP contribution in [0.3, 0.4) is 0 Å². The lowest BCUT2D eigenvalue weighted by molar-refractivity contribution is 1.20. The summed E-state index contributed by atoms with van der Waals surface area (Å²) in [4.78, 5) is 0. The number of aromatic nitrogens is 1. The summed E-state index contributed by atoms with van der Waals surface area (Å²) in [6, 6.07) is 1.64. The minimum Gasteiger partial charge on any atom is -0.268 e. The van der Waals surface area contributed by atoms with Gasteiger partial charge in [-0.2, -0.15) is 0 Å². The average molecular weight is 219 g/mol. The Labute approximate surface area is 78.5 Å². The van der Waals surface area contributed by atoms with Crippen molar-refractivity contribution in [1.82, 2.24) is 4.09 Å². The van der Waals surface area contributed by atoms with E-state index in [-0.39, 0.29) is 0 Å². The quantitative estimate of drug-likeness (QED) is 0.589. The van der Waals surface area contributed by atoms with Crippen LogP contribution >= 0.6 is 46.6 Å². The molecule has 0 saturated heterocycles. The average Bonchev–Trinajstić information content (AvgIpc) is 2.11. The molecule has 56 valence electrons. The zero-order chi connectivity index (χ0) is 7.78. The summed E-state index contributed by atoms with van der Waals surface area (Å²) in [7, 11) is 0. The maximum atomic E-state index is 5.53. The molecule has 0 aliphatic rings. The van der Waals surface area contributed by atoms with Gasteiger partial charge in [-0.05, 0) is 6.07 Å². The zero-order valence-corrected chi connectivity index (χ0v) is 7.71. The monoisotopic (exact) mass is 217 g/mol. The zero-order valence-electron chi connectivity index (χ0n) is 4.69. The third-order valence-corrected chi connectivity index (χ3v) is 1.85. The Morgan fingerprint density at radius 1 is 1.30 bits per heavy atom. The molecule has 1 rings (SSSR count). The van der Waals surface area contributed by atoms with Crippen LogP contribution in [0.1, 0.15) is 5.56 Å². The van der Waals surface area contributed by atoms with E-state index in [1.807, 2.05) is 0 Å². The molecule has 0 atom stereocenters. The van der Waals surface area contributed by atoms with Gasteiger partial charge in [0.25, 0.3) is 0 Å². The van der Waals surface area contributed by atoms with Crippen LogP contribution in [0.25, 0.3) is 0 Å². The highest BCUT2D eigenvalue weighted by Gasteiger charge is 2.23. The van der Waals surface area contributed by atoms with E-state index in [1.165, 1.54) is 10.3 Å². The Morgan fingerprint density at radius 3 is 2.10 bits per heavy atom. The van der Waals surface area contributed by atoms with Crippen LogP contribution in [-0.2, 0) is 3.79 Å². The van der Waals surface area contributed by atoms with Crippen molar-refractivity contribution < 1.29 is 0 Å². The molecule has 1 aromatic rings. The van der Waals surface area contributed by atoms with Crippen molar-refractivity contribution in [3.8, 4) is 0 Å². The summed E-state index contributed by atoms with van der Waals surface area (Å²) < 4.78 is -0.0721. The summed E-state index contributed by atoms with van der Waals surface area (Å²) in [5.41, 5.74) is 0.563. The van der Waals surface area contributed by atoms with Crippen molar-refractivity contribution in [2.45, 2.75) is 3.79 Å². The molecule has 1 nitrogen and oxygen atoms in total. The lowest BCUT2D eigenvalue weighted by Crippen LogP contribution is -1.96. The summed E-state index contributed by atoms with van der Waals surface area (Å²) >= 11 is 22.1. The van der Waals surface area contributed by atoms with E-state index in [0.717, 1.165) is 0 Å². The number of hydrogen-bond donors (Lipinski definition) is 0. The molecule has 0 spiro atoms. The third-order valence-electron chi connectivity index (χ3n) is 0.986. The first kappa shape index (κ1) is 8.54. The Hall–Kier alpha value is 0.440. The number of hydrogen-bond acceptors (Lipinski definition) is 0. The second kappa shape index (κ2) is 2.82. The van der Waals surface area contributed by atoms with Crippen molar-refractivity contribution in [2.24, 2.45) is 0 Å². The fourth-order valence-electron chi connectivity index (χ4n) is 0.538. The highest BCUT2D eigenvalue weighted by molar-refractivity contribution is 6.66. The van der Waals surface area contributed by atoms with Gasteiger partial charge in [-0.25, -0.2) is 0 Å². The molecule has 5 heteroatoms. The molecule has 0 aliphatic heterocycles. The van der Waals surface area contributed by atoms with Crippen LogP contribution in [0, 0.1) is 0 Å². The highest BCUT2D eigenvalue weighted by Crippen LogP contribution is 2.38. The number of nitrogens with zero attached hydrogens (tertiary/aromatic N) is 1. The molecule has 0 bridgehead atoms. The van der Waals surface area contributed by atoms with Gasteiger partial charge in [0.05, 0.1) is 0 Å². The van der Waals surface area contributed by atoms with Crippen LogP contribution in [0.2, 0.25) is 0 Å². The smallest absolute Gasteiger partial charge is 0.217 e. The molecular formula is C5H3Cl4N. The van der Waals surface area contributed by atoms with E-state index < -0.39 is 3.79 Å². The van der Waals surface area contributed by atoms with E-state index in [2.05, 4.69) is 0 Å². The van der Waals surface area contributed by atoms with Gasteiger partial charge in [-0.15, -0.1) is 0 Å². The molecule has 0 fully saturated rings. The lowest BCUT2D eigenvalue weighted by Gasteiger charge is -2.06. The van der Waals surface area contributed by atoms with Crippen LogP contribution in [0.15, 0.2) is 18.5 Å². The molecule has 0 amide bonds. The maximum absolute atomic E-state index is 5.53. The first-order chi connectivity index (χ1) is 4.50. The summed E-state index contributed by atoms with van der Waals surface area (Å²) in [6.07, 6.45) is 3.13. The van der Waals surface area contributed by atoms with Gasteiger partial charge in [-0.3, -0.25) is 4.09 Å². The van der Waals surface area contributed by atoms with Crippen molar-refractivity contribution in [3.63, 3.8) is 0 Å². The summed E-state index contributed by atoms with van der Waals surface area (Å²) in [6.45, 7) is 0. The van der Waals surface area contributed by atoms with Crippen LogP contribution in [-0.4, -0.2) is 4.09 Å². The molecule has 1 aromatic heterocycles. The van der Waals surface area contributed by atoms with Crippen molar-refractivity contribution in [1.29, 1.82) is 0 Å². The van der Waals surface area contributed by atoms with E-state index in [4.69, 9.17) is 46.6 Å². The van der Waals surface area contributed by atoms with Gasteiger partial charge >= 0.3 is 0 Å². The predicted molar refractivity (Wildman–Crippen MR) is 44.9 cm³/mol. The third kappa shape index (κ3) is 1.96. The molecule has 0 saturated carbocycles. The molecule has 0 aromatic carbocycles. The molecule has 0 radical (unpaired) electrons. The fraction of sp³-hybridized carbons (Fsp3) is 0.200. The number of rotatable bonds is 0. The minimum atomic E-state index is -1.37. The second-order valence-electron chi connectivity index (χ2n) is 1.74. The van der Waals surface area contributed by atoms with Gasteiger partial charge in [0.15, 0.2) is 0 Å². The van der Waals surface area contributed by atoms with E-state index >= 15 is 0 Å². The standard InChI is InChI=1S/C5H3Cl4N/c6-5(7,8)4-1-2-10(9)3-4/h1-3H. The largest absolute Gasteiger partial charge is 0.268 e. The van der Waals surface area contributed by atoms with Crippen LogP contribution in [0.5, 0.6) is 0 Å². The normalized spacial score (nSPS) is 12.0. The maximum Gasteiger partial charge on any atom is 0.217 e. The first-order valence-electron chi connectivity index (χ1n) is 2.41. The van der Waals surface area contributed by atoms with Gasteiger partial charge in [0.1, 0.15) is 0 Å². The summed E-state index contributed by atoms with van der Waals surface area (Å²) in [5.74, 6) is 0. The van der Waals surface area contributed by atoms with Gasteiger partial charge in [0.2, 0.25) is 3.79 Å². The molecule has 0 unspecified atom stereocenters. The fourth-order valence-corrected chi connectivity index (χ4v) is 1.03. The molecular weight excluding hydrogens is 216 g/mol. The Bertz CT molecular complexity index is 224. The van der Waals surface area contributed by atoms with E-state index in [9.17, 15) is 0 Å². The van der Waals surface area contributed by atoms with Gasteiger partial charge in [0, 0.05) is 29.7 Å². The van der Waals surface area contributed by atoms with Gasteiger partial charge < -0.3 is 0 Å². The minimum absolute atomic E-state index is 0.563. The SMILES string of the molecule is Cln1ccc(C(Cl)(Cl)Cl)c1. The first-order valence-corrected chi connectivity index (χ1v) is 3.89. The van der Waals surface area contributed by atoms with Crippen LogP contribution in [0.4, 0.5) is 0 Å². The Balaban J connectivity index is 2.96. The molecule has 1 heterocycles. The van der Waals surface area contributed by atoms with E-state index in [0.29, 0.717) is 5.56 Å². The van der Waals surface area contributed by atoms with Crippen molar-refractivity contribution in [3.05, 3.63) is 24.0 Å². The topological polar surface area (TPSA) is 4.93 Å². The van der Waals surface area contributed by atoms with Crippen molar-refractivity contribution >= 4 is 46.6 Å². The Morgan fingerprint density at radius 2 is 1.90 bits per heavy atom.